The topological polar surface area (TPSA) is 62.7 Å². The van der Waals surface area contributed by atoms with E-state index in [1.807, 2.05) is 62.4 Å². The smallest absolute Gasteiger partial charge is 0.255 e. The van der Waals surface area contributed by atoms with Crippen molar-refractivity contribution in [3.63, 3.8) is 0 Å². The molecule has 1 aliphatic heterocycles. The van der Waals surface area contributed by atoms with E-state index in [0.29, 0.717) is 30.0 Å². The maximum absolute atomic E-state index is 13.2. The van der Waals surface area contributed by atoms with Gasteiger partial charge in [0.2, 0.25) is 0 Å². The summed E-state index contributed by atoms with van der Waals surface area (Å²) < 4.78 is 5.38. The van der Waals surface area contributed by atoms with Crippen molar-refractivity contribution in [2.45, 2.75) is 25.9 Å². The summed E-state index contributed by atoms with van der Waals surface area (Å²) in [5.74, 6) is 0.590. The number of nitrogens with zero attached hydrogens (tertiary/aromatic N) is 2. The maximum Gasteiger partial charge on any atom is 0.255 e. The van der Waals surface area contributed by atoms with Crippen LogP contribution >= 0.6 is 0 Å². The summed E-state index contributed by atoms with van der Waals surface area (Å²) >= 11 is 0. The van der Waals surface area contributed by atoms with Gasteiger partial charge >= 0.3 is 0 Å². The van der Waals surface area contributed by atoms with Crippen LogP contribution in [0.2, 0.25) is 0 Å². The molecule has 0 spiro atoms. The summed E-state index contributed by atoms with van der Waals surface area (Å²) in [5.41, 5.74) is 2.96. The van der Waals surface area contributed by atoms with Crippen molar-refractivity contribution in [1.82, 2.24) is 9.88 Å². The fourth-order valence-electron chi connectivity index (χ4n) is 3.88. The molecule has 144 valence electrons. The quantitative estimate of drug-likeness (QED) is 0.759. The molecule has 1 aromatic heterocycles. The predicted octanol–water partition coefficient (Wildman–Crippen LogP) is 3.59. The van der Waals surface area contributed by atoms with Crippen molar-refractivity contribution in [3.05, 3.63) is 70.9 Å². The van der Waals surface area contributed by atoms with Gasteiger partial charge in [0.25, 0.3) is 5.91 Å². The average molecular weight is 376 g/mol. The number of methoxy groups -OCH3 is 1. The number of carbonyl (C=O) groups is 1. The van der Waals surface area contributed by atoms with E-state index in [0.717, 1.165) is 22.0 Å². The number of ether oxygens (including phenoxy) is 1. The highest BCUT2D eigenvalue weighted by Gasteiger charge is 2.40. The SMILES string of the molecule is COc1cccc2cc(C(=O)N3CC[C@](O)(c4ccc(C)cc4)C3)c(C)nc12. The third-order valence-electron chi connectivity index (χ3n) is 5.57. The molecule has 0 bridgehead atoms. The molecular formula is C23H24N2O3. The zero-order valence-electron chi connectivity index (χ0n) is 16.4. The van der Waals surface area contributed by atoms with E-state index in [-0.39, 0.29) is 12.5 Å². The van der Waals surface area contributed by atoms with Crippen LogP contribution in [0.15, 0.2) is 48.5 Å². The zero-order valence-corrected chi connectivity index (χ0v) is 16.4. The molecule has 0 aliphatic carbocycles. The van der Waals surface area contributed by atoms with Gasteiger partial charge in [-0.25, -0.2) is 4.98 Å². The molecule has 5 nitrogen and oxygen atoms in total. The lowest BCUT2D eigenvalue weighted by Crippen LogP contribution is -2.34. The number of aromatic nitrogens is 1. The summed E-state index contributed by atoms with van der Waals surface area (Å²) in [6, 6.07) is 15.4. The van der Waals surface area contributed by atoms with Gasteiger partial charge in [-0.15, -0.1) is 0 Å². The summed E-state index contributed by atoms with van der Waals surface area (Å²) in [5, 5.41) is 12.0. The lowest BCUT2D eigenvalue weighted by molar-refractivity contribution is 0.0417. The Bertz CT molecular complexity index is 1050. The molecule has 1 atom stereocenters. The second-order valence-corrected chi connectivity index (χ2v) is 7.53. The van der Waals surface area contributed by atoms with Gasteiger partial charge in [0, 0.05) is 11.9 Å². The average Bonchev–Trinajstić information content (AvgIpc) is 3.10. The summed E-state index contributed by atoms with van der Waals surface area (Å²) in [4.78, 5) is 19.5. The second-order valence-electron chi connectivity index (χ2n) is 7.53. The van der Waals surface area contributed by atoms with E-state index in [4.69, 9.17) is 4.74 Å². The van der Waals surface area contributed by atoms with Gasteiger partial charge in [0.1, 0.15) is 16.9 Å². The van der Waals surface area contributed by atoms with Crippen LogP contribution in [-0.2, 0) is 5.60 Å². The van der Waals surface area contributed by atoms with Gasteiger partial charge in [-0.1, -0.05) is 42.0 Å². The Morgan fingerprint density at radius 1 is 1.18 bits per heavy atom. The molecule has 1 fully saturated rings. The molecule has 28 heavy (non-hydrogen) atoms. The Labute approximate surface area is 164 Å². The van der Waals surface area contributed by atoms with Gasteiger partial charge in [-0.3, -0.25) is 4.79 Å². The number of hydrogen-bond acceptors (Lipinski definition) is 4. The van der Waals surface area contributed by atoms with Crippen LogP contribution in [-0.4, -0.2) is 41.1 Å². The number of aryl methyl sites for hydroxylation is 2. The number of β-amino-alcohol motifs (C(OH)–C–C–N with tert-alkyl or cyclic N) is 1. The third kappa shape index (κ3) is 3.12. The molecule has 3 aromatic rings. The number of pyridine rings is 1. The number of hydrogen-bond donors (Lipinski definition) is 1. The van der Waals surface area contributed by atoms with E-state index in [1.54, 1.807) is 12.0 Å². The first-order chi connectivity index (χ1) is 13.4. The van der Waals surface area contributed by atoms with E-state index in [9.17, 15) is 9.90 Å². The van der Waals surface area contributed by atoms with Crippen LogP contribution in [0.1, 0.15) is 33.6 Å². The number of likely N-dealkylation sites (tertiary alicyclic amines) is 1. The summed E-state index contributed by atoms with van der Waals surface area (Å²) in [6.07, 6.45) is 0.523. The van der Waals surface area contributed by atoms with Gasteiger partial charge in [-0.05, 0) is 38.0 Å². The lowest BCUT2D eigenvalue weighted by atomic mass is 9.92. The summed E-state index contributed by atoms with van der Waals surface area (Å²) in [7, 11) is 1.61. The fraction of sp³-hybridized carbons (Fsp3) is 0.304. The normalized spacial score (nSPS) is 19.2. The number of benzene rings is 2. The van der Waals surface area contributed by atoms with Gasteiger partial charge in [-0.2, -0.15) is 0 Å². The van der Waals surface area contributed by atoms with Crippen molar-refractivity contribution in [1.29, 1.82) is 0 Å². The van der Waals surface area contributed by atoms with Crippen LogP contribution in [0.25, 0.3) is 10.9 Å². The molecule has 2 aromatic carbocycles. The number of rotatable bonds is 3. The molecule has 1 amide bonds. The molecule has 0 saturated carbocycles. The van der Waals surface area contributed by atoms with Crippen molar-refractivity contribution < 1.29 is 14.6 Å². The van der Waals surface area contributed by atoms with Crippen LogP contribution in [0.4, 0.5) is 0 Å². The molecule has 0 radical (unpaired) electrons. The van der Waals surface area contributed by atoms with Crippen molar-refractivity contribution >= 4 is 16.8 Å². The highest BCUT2D eigenvalue weighted by Crippen LogP contribution is 2.33. The molecule has 4 rings (SSSR count). The number of fused-ring (bicyclic) bond motifs is 1. The van der Waals surface area contributed by atoms with Gasteiger partial charge < -0.3 is 14.7 Å². The second kappa shape index (κ2) is 6.91. The first kappa shape index (κ1) is 18.4. The highest BCUT2D eigenvalue weighted by molar-refractivity contribution is 5.99. The Balaban J connectivity index is 1.63. The third-order valence-corrected chi connectivity index (χ3v) is 5.57. The Morgan fingerprint density at radius 3 is 2.64 bits per heavy atom. The predicted molar refractivity (Wildman–Crippen MR) is 109 cm³/mol. The molecule has 1 aliphatic rings. The lowest BCUT2D eigenvalue weighted by Gasteiger charge is -2.24. The zero-order chi connectivity index (χ0) is 19.9. The van der Waals surface area contributed by atoms with Crippen molar-refractivity contribution in [2.24, 2.45) is 0 Å². The standard InChI is InChI=1S/C23H24N2O3/c1-15-7-9-18(10-8-15)23(27)11-12-25(14-23)22(26)19-13-17-5-4-6-20(28-3)21(17)24-16(19)2/h4-10,13,27H,11-12,14H2,1-3H3/t23-/m1/s1. The molecule has 5 heteroatoms. The minimum atomic E-state index is -1.01. The van der Waals surface area contributed by atoms with Crippen molar-refractivity contribution in [3.8, 4) is 5.75 Å². The minimum Gasteiger partial charge on any atom is -0.494 e. The van der Waals surface area contributed by atoms with Gasteiger partial charge in [0.05, 0.1) is 24.9 Å². The van der Waals surface area contributed by atoms with E-state index < -0.39 is 5.60 Å². The van der Waals surface area contributed by atoms with E-state index >= 15 is 0 Å². The molecule has 1 N–H and O–H groups in total. The first-order valence-corrected chi connectivity index (χ1v) is 9.44. The Morgan fingerprint density at radius 2 is 1.93 bits per heavy atom. The summed E-state index contributed by atoms with van der Waals surface area (Å²) in [6.45, 7) is 4.65. The van der Waals surface area contributed by atoms with E-state index in [2.05, 4.69) is 4.98 Å². The first-order valence-electron chi connectivity index (χ1n) is 9.44. The Hall–Kier alpha value is -2.92. The molecule has 2 heterocycles. The Kier molecular flexibility index (Phi) is 4.55. The number of aliphatic hydroxyl groups is 1. The molecule has 1 saturated heterocycles. The number of carbonyl (C=O) groups excluding carboxylic acids is 1. The largest absolute Gasteiger partial charge is 0.494 e. The van der Waals surface area contributed by atoms with Crippen LogP contribution in [0.3, 0.4) is 0 Å². The highest BCUT2D eigenvalue weighted by atomic mass is 16.5. The van der Waals surface area contributed by atoms with Crippen LogP contribution < -0.4 is 4.74 Å². The van der Waals surface area contributed by atoms with E-state index in [1.165, 1.54) is 0 Å². The maximum atomic E-state index is 13.2. The molecule has 0 unspecified atom stereocenters. The molecular weight excluding hydrogens is 352 g/mol. The van der Waals surface area contributed by atoms with Crippen LogP contribution in [0.5, 0.6) is 5.75 Å². The van der Waals surface area contributed by atoms with Gasteiger partial charge in [0.15, 0.2) is 0 Å². The fourth-order valence-corrected chi connectivity index (χ4v) is 3.88. The minimum absolute atomic E-state index is 0.0993. The monoisotopic (exact) mass is 376 g/mol. The number of para-hydroxylation sites is 1. The number of amides is 1. The van der Waals surface area contributed by atoms with Crippen LogP contribution in [0, 0.1) is 13.8 Å². The van der Waals surface area contributed by atoms with Crippen molar-refractivity contribution in [2.75, 3.05) is 20.2 Å².